The summed E-state index contributed by atoms with van der Waals surface area (Å²) in [5.41, 5.74) is 3.21. The van der Waals surface area contributed by atoms with Gasteiger partial charge in [0.1, 0.15) is 0 Å². The maximum absolute atomic E-state index is 10.3. The number of rotatable bonds is 3. The van der Waals surface area contributed by atoms with Crippen LogP contribution in [0.3, 0.4) is 0 Å². The van der Waals surface area contributed by atoms with E-state index >= 15 is 0 Å². The third-order valence-corrected chi connectivity index (χ3v) is 2.54. The molecule has 2 nitrogen and oxygen atoms in total. The highest BCUT2D eigenvalue weighted by atomic mass is 79.9. The lowest BCUT2D eigenvalue weighted by Gasteiger charge is -2.02. The number of carboxylic acids is 1. The average molecular weight is 255 g/mol. The van der Waals surface area contributed by atoms with Crippen molar-refractivity contribution in [2.24, 2.45) is 0 Å². The number of aliphatic carboxylic acids is 1. The lowest BCUT2D eigenvalue weighted by molar-refractivity contribution is -0.131. The fourth-order valence-corrected chi connectivity index (χ4v) is 1.52. The van der Waals surface area contributed by atoms with Crippen molar-refractivity contribution in [3.05, 3.63) is 41.0 Å². The van der Waals surface area contributed by atoms with Gasteiger partial charge in [0.15, 0.2) is 0 Å². The zero-order chi connectivity index (χ0) is 10.6. The topological polar surface area (TPSA) is 37.3 Å². The molecule has 0 saturated carbocycles. The number of carbonyl (C=O) groups is 1. The molecule has 0 atom stereocenters. The number of hydrogen-bond acceptors (Lipinski definition) is 1. The molecular weight excluding hydrogens is 244 g/mol. The quantitative estimate of drug-likeness (QED) is 0.665. The Hall–Kier alpha value is -1.09. The first-order chi connectivity index (χ1) is 6.63. The summed E-state index contributed by atoms with van der Waals surface area (Å²) in [5, 5.41) is 9.29. The molecule has 0 unspecified atom stereocenters. The first-order valence-electron chi connectivity index (χ1n) is 4.20. The molecule has 0 aliphatic rings. The van der Waals surface area contributed by atoms with E-state index in [0.717, 1.165) is 22.5 Å². The van der Waals surface area contributed by atoms with E-state index in [-0.39, 0.29) is 0 Å². The molecule has 0 heterocycles. The van der Waals surface area contributed by atoms with Crippen LogP contribution in [0, 0.1) is 6.92 Å². The summed E-state index contributed by atoms with van der Waals surface area (Å²) >= 11 is 3.37. The molecule has 1 aromatic carbocycles. The lowest BCUT2D eigenvalue weighted by atomic mass is 10.1. The van der Waals surface area contributed by atoms with E-state index in [1.807, 2.05) is 25.1 Å². The summed E-state index contributed by atoms with van der Waals surface area (Å²) in [7, 11) is 0. The van der Waals surface area contributed by atoms with Gasteiger partial charge in [-0.05, 0) is 29.7 Å². The second-order valence-corrected chi connectivity index (χ2v) is 3.56. The van der Waals surface area contributed by atoms with Crippen molar-refractivity contribution >= 4 is 28.0 Å². The molecule has 0 bridgehead atoms. The van der Waals surface area contributed by atoms with Crippen molar-refractivity contribution in [1.82, 2.24) is 0 Å². The van der Waals surface area contributed by atoms with Crippen LogP contribution in [0.15, 0.2) is 24.3 Å². The van der Waals surface area contributed by atoms with Crippen LogP contribution >= 0.6 is 15.9 Å². The minimum Gasteiger partial charge on any atom is -0.478 e. The number of alkyl halides is 1. The van der Waals surface area contributed by atoms with Crippen molar-refractivity contribution in [2.75, 3.05) is 0 Å². The van der Waals surface area contributed by atoms with Gasteiger partial charge in [0.25, 0.3) is 0 Å². The van der Waals surface area contributed by atoms with Crippen LogP contribution in [0.2, 0.25) is 0 Å². The maximum atomic E-state index is 10.3. The van der Waals surface area contributed by atoms with Gasteiger partial charge in [-0.25, -0.2) is 4.79 Å². The second kappa shape index (κ2) is 4.96. The molecule has 0 fully saturated rings. The van der Waals surface area contributed by atoms with E-state index in [0.29, 0.717) is 0 Å². The van der Waals surface area contributed by atoms with Gasteiger partial charge in [-0.1, -0.05) is 34.1 Å². The Morgan fingerprint density at radius 1 is 1.57 bits per heavy atom. The lowest BCUT2D eigenvalue weighted by Crippen LogP contribution is -1.88. The van der Waals surface area contributed by atoms with Crippen LogP contribution in [-0.2, 0) is 10.1 Å². The molecule has 0 amide bonds. The monoisotopic (exact) mass is 254 g/mol. The molecule has 0 saturated heterocycles. The highest BCUT2D eigenvalue weighted by Gasteiger charge is 1.96. The summed E-state index contributed by atoms with van der Waals surface area (Å²) in [6, 6.07) is 5.94. The molecule has 1 N–H and O–H groups in total. The average Bonchev–Trinajstić information content (AvgIpc) is 2.15. The van der Waals surface area contributed by atoms with Crippen molar-refractivity contribution in [2.45, 2.75) is 12.3 Å². The summed E-state index contributed by atoms with van der Waals surface area (Å²) in [5.74, 6) is -0.922. The highest BCUT2D eigenvalue weighted by molar-refractivity contribution is 9.08. The largest absolute Gasteiger partial charge is 0.478 e. The number of hydrogen-bond donors (Lipinski definition) is 1. The van der Waals surface area contributed by atoms with Crippen molar-refractivity contribution in [3.8, 4) is 0 Å². The smallest absolute Gasteiger partial charge is 0.328 e. The predicted octanol–water partition coefficient (Wildman–Crippen LogP) is 2.99. The Bertz CT molecular complexity index is 370. The minimum absolute atomic E-state index is 0.816. The van der Waals surface area contributed by atoms with Crippen molar-refractivity contribution in [3.63, 3.8) is 0 Å². The van der Waals surface area contributed by atoms with Gasteiger partial charge in [0.2, 0.25) is 0 Å². The number of carboxylic acid groups (broad SMARTS) is 1. The molecule has 0 aliphatic carbocycles. The molecule has 3 heteroatoms. The number of benzene rings is 1. The zero-order valence-corrected chi connectivity index (χ0v) is 9.41. The molecule has 0 spiro atoms. The van der Waals surface area contributed by atoms with E-state index in [2.05, 4.69) is 15.9 Å². The van der Waals surface area contributed by atoms with Crippen molar-refractivity contribution in [1.29, 1.82) is 0 Å². The molecule has 0 aromatic heterocycles. The van der Waals surface area contributed by atoms with Crippen LogP contribution in [0.5, 0.6) is 0 Å². The van der Waals surface area contributed by atoms with Crippen LogP contribution < -0.4 is 0 Å². The standard InChI is InChI=1S/C11H11BrO2/c1-8-6-9(7-12)2-3-10(8)4-5-11(13)14/h2-6H,7H2,1H3,(H,13,14)/b5-4+. The third-order valence-electron chi connectivity index (χ3n) is 1.89. The summed E-state index contributed by atoms with van der Waals surface area (Å²) in [4.78, 5) is 10.3. The molecule has 0 aliphatic heterocycles. The molecule has 0 radical (unpaired) electrons. The number of aryl methyl sites for hydroxylation is 1. The van der Waals surface area contributed by atoms with E-state index in [1.165, 1.54) is 5.56 Å². The van der Waals surface area contributed by atoms with Crippen LogP contribution in [0.1, 0.15) is 16.7 Å². The van der Waals surface area contributed by atoms with Crippen LogP contribution in [0.4, 0.5) is 0 Å². The summed E-state index contributed by atoms with van der Waals surface area (Å²) < 4.78 is 0. The van der Waals surface area contributed by atoms with Crippen LogP contribution in [0.25, 0.3) is 6.08 Å². The Morgan fingerprint density at radius 3 is 2.79 bits per heavy atom. The van der Waals surface area contributed by atoms with E-state index in [4.69, 9.17) is 5.11 Å². The van der Waals surface area contributed by atoms with Gasteiger partial charge in [-0.2, -0.15) is 0 Å². The number of halogens is 1. The fourth-order valence-electron chi connectivity index (χ4n) is 1.17. The molecule has 1 aromatic rings. The molecular formula is C11H11BrO2. The summed E-state index contributed by atoms with van der Waals surface area (Å²) in [6.45, 7) is 1.97. The second-order valence-electron chi connectivity index (χ2n) is 3.00. The van der Waals surface area contributed by atoms with Gasteiger partial charge in [-0.15, -0.1) is 0 Å². The van der Waals surface area contributed by atoms with Gasteiger partial charge in [-0.3, -0.25) is 0 Å². The third kappa shape index (κ3) is 3.00. The highest BCUT2D eigenvalue weighted by Crippen LogP contribution is 2.14. The molecule has 74 valence electrons. The molecule has 14 heavy (non-hydrogen) atoms. The fraction of sp³-hybridized carbons (Fsp3) is 0.182. The minimum atomic E-state index is -0.922. The van der Waals surface area contributed by atoms with E-state index in [9.17, 15) is 4.79 Å². The van der Waals surface area contributed by atoms with Gasteiger partial charge < -0.3 is 5.11 Å². The van der Waals surface area contributed by atoms with Gasteiger partial charge in [0.05, 0.1) is 0 Å². The van der Waals surface area contributed by atoms with Gasteiger partial charge in [0, 0.05) is 11.4 Å². The Morgan fingerprint density at radius 2 is 2.29 bits per heavy atom. The first-order valence-corrected chi connectivity index (χ1v) is 5.32. The Kier molecular flexibility index (Phi) is 3.89. The van der Waals surface area contributed by atoms with Crippen molar-refractivity contribution < 1.29 is 9.90 Å². The molecule has 1 rings (SSSR count). The Labute approximate surface area is 91.4 Å². The van der Waals surface area contributed by atoms with E-state index in [1.54, 1.807) is 6.08 Å². The first kappa shape index (κ1) is 11.0. The van der Waals surface area contributed by atoms with Crippen LogP contribution in [-0.4, -0.2) is 11.1 Å². The van der Waals surface area contributed by atoms with Gasteiger partial charge >= 0.3 is 5.97 Å². The maximum Gasteiger partial charge on any atom is 0.328 e. The van der Waals surface area contributed by atoms with E-state index < -0.39 is 5.97 Å². The summed E-state index contributed by atoms with van der Waals surface area (Å²) in [6.07, 6.45) is 2.76. The SMILES string of the molecule is Cc1cc(CBr)ccc1/C=C/C(=O)O. The normalized spacial score (nSPS) is 10.7. The predicted molar refractivity (Wildman–Crippen MR) is 60.5 cm³/mol. The zero-order valence-electron chi connectivity index (χ0n) is 7.83. The Balaban J connectivity index is 2.94.